The lowest BCUT2D eigenvalue weighted by Gasteiger charge is -2.34. The Morgan fingerprint density at radius 2 is 1.57 bits per heavy atom. The standard InChI is InChI=1S/C37H42N4O7S/c1-6-28(4)38-37(43)35(22-29-10-8-7-9-11-29)39(24-30-15-12-26(2)13-16-30)36(42)25-40(31-17-19-32(48-5)20-18-31)49(46,47)33-21-14-27(3)34(23-33)41(44)45/h7-21,23,28,35H,6,22,24-25H2,1-5H3,(H,38,43)/t28-,35-/m0/s1. The normalized spacial score (nSPS) is 12.4. The summed E-state index contributed by atoms with van der Waals surface area (Å²) < 4.78 is 34.8. The van der Waals surface area contributed by atoms with E-state index in [1.807, 2.05) is 75.4 Å². The lowest BCUT2D eigenvalue weighted by atomic mass is 10.0. The third kappa shape index (κ3) is 9.23. The maximum absolute atomic E-state index is 14.6. The molecule has 0 bridgehead atoms. The van der Waals surface area contributed by atoms with Gasteiger partial charge in [-0.25, -0.2) is 8.42 Å². The number of anilines is 1. The lowest BCUT2D eigenvalue weighted by Crippen LogP contribution is -2.54. The molecule has 0 spiro atoms. The molecule has 49 heavy (non-hydrogen) atoms. The molecule has 11 nitrogen and oxygen atoms in total. The van der Waals surface area contributed by atoms with Crippen molar-refractivity contribution in [3.63, 3.8) is 0 Å². The first-order valence-corrected chi connectivity index (χ1v) is 17.4. The largest absolute Gasteiger partial charge is 0.497 e. The summed E-state index contributed by atoms with van der Waals surface area (Å²) in [7, 11) is -3.07. The van der Waals surface area contributed by atoms with Gasteiger partial charge in [-0.05, 0) is 68.7 Å². The van der Waals surface area contributed by atoms with Crippen molar-refractivity contribution in [2.24, 2.45) is 0 Å². The van der Waals surface area contributed by atoms with Gasteiger partial charge in [-0.15, -0.1) is 0 Å². The van der Waals surface area contributed by atoms with E-state index in [2.05, 4.69) is 5.32 Å². The first-order chi connectivity index (χ1) is 23.3. The first kappa shape index (κ1) is 36.6. The van der Waals surface area contributed by atoms with Crippen molar-refractivity contribution in [2.45, 2.75) is 64.1 Å². The van der Waals surface area contributed by atoms with Gasteiger partial charge >= 0.3 is 0 Å². The Bertz CT molecular complexity index is 1870. The molecule has 12 heteroatoms. The molecule has 258 valence electrons. The van der Waals surface area contributed by atoms with Gasteiger partial charge in [0.2, 0.25) is 11.8 Å². The number of carbonyl (C=O) groups is 2. The number of nitrogens with one attached hydrogen (secondary N) is 1. The Hall–Kier alpha value is -5.23. The van der Waals surface area contributed by atoms with Crippen LogP contribution in [0.5, 0.6) is 5.75 Å². The van der Waals surface area contributed by atoms with Gasteiger partial charge in [0, 0.05) is 30.6 Å². The number of rotatable bonds is 15. The number of hydrogen-bond acceptors (Lipinski definition) is 7. The molecule has 4 aromatic carbocycles. The van der Waals surface area contributed by atoms with Gasteiger partial charge in [0.15, 0.2) is 0 Å². The summed E-state index contributed by atoms with van der Waals surface area (Å²) in [4.78, 5) is 40.8. The van der Waals surface area contributed by atoms with Crippen LogP contribution in [-0.4, -0.2) is 55.8 Å². The maximum atomic E-state index is 14.6. The van der Waals surface area contributed by atoms with E-state index in [9.17, 15) is 28.1 Å². The van der Waals surface area contributed by atoms with Gasteiger partial charge in [-0.2, -0.15) is 0 Å². The number of methoxy groups -OCH3 is 1. The summed E-state index contributed by atoms with van der Waals surface area (Å²) in [6, 6.07) is 25.4. The minimum absolute atomic E-state index is 0.0248. The quantitative estimate of drug-likeness (QED) is 0.120. The average Bonchev–Trinajstić information content (AvgIpc) is 3.09. The summed E-state index contributed by atoms with van der Waals surface area (Å²) in [6.07, 6.45) is 0.849. The molecule has 0 aliphatic rings. The predicted molar refractivity (Wildman–Crippen MR) is 189 cm³/mol. The number of nitro benzene ring substituents is 1. The van der Waals surface area contributed by atoms with Crippen molar-refractivity contribution in [2.75, 3.05) is 18.0 Å². The van der Waals surface area contributed by atoms with E-state index < -0.39 is 33.4 Å². The highest BCUT2D eigenvalue weighted by atomic mass is 32.2. The lowest BCUT2D eigenvalue weighted by molar-refractivity contribution is -0.385. The molecule has 0 fully saturated rings. The minimum Gasteiger partial charge on any atom is -0.497 e. The zero-order valence-corrected chi connectivity index (χ0v) is 29.1. The topological polar surface area (TPSA) is 139 Å². The summed E-state index contributed by atoms with van der Waals surface area (Å²) in [5, 5.41) is 14.8. The van der Waals surface area contributed by atoms with E-state index in [0.29, 0.717) is 12.2 Å². The molecule has 0 unspecified atom stereocenters. The molecule has 1 N–H and O–H groups in total. The van der Waals surface area contributed by atoms with E-state index >= 15 is 0 Å². The van der Waals surface area contributed by atoms with Crippen LogP contribution in [0.25, 0.3) is 0 Å². The number of carbonyl (C=O) groups excluding carboxylic acids is 2. The summed E-state index contributed by atoms with van der Waals surface area (Å²) >= 11 is 0. The number of nitro groups is 1. The van der Waals surface area contributed by atoms with Gasteiger partial charge in [-0.1, -0.05) is 73.2 Å². The zero-order chi connectivity index (χ0) is 35.7. The number of benzene rings is 4. The highest BCUT2D eigenvalue weighted by Crippen LogP contribution is 2.30. The van der Waals surface area contributed by atoms with Crippen LogP contribution in [-0.2, 0) is 32.6 Å². The molecule has 4 aromatic rings. The van der Waals surface area contributed by atoms with Crippen molar-refractivity contribution in [1.82, 2.24) is 10.2 Å². The molecule has 0 aromatic heterocycles. The Balaban J connectivity index is 1.84. The van der Waals surface area contributed by atoms with Gasteiger partial charge in [0.1, 0.15) is 18.3 Å². The average molecular weight is 687 g/mol. The number of amides is 2. The van der Waals surface area contributed by atoms with E-state index in [-0.39, 0.29) is 46.7 Å². The Morgan fingerprint density at radius 1 is 0.918 bits per heavy atom. The van der Waals surface area contributed by atoms with Gasteiger partial charge in [0.25, 0.3) is 15.7 Å². The van der Waals surface area contributed by atoms with Crippen molar-refractivity contribution in [3.8, 4) is 5.75 Å². The van der Waals surface area contributed by atoms with Crippen molar-refractivity contribution in [3.05, 3.63) is 129 Å². The van der Waals surface area contributed by atoms with Crippen LogP contribution in [0.1, 0.15) is 42.5 Å². The highest BCUT2D eigenvalue weighted by molar-refractivity contribution is 7.92. The third-order valence-electron chi connectivity index (χ3n) is 8.35. The van der Waals surface area contributed by atoms with Crippen molar-refractivity contribution < 1.29 is 27.7 Å². The van der Waals surface area contributed by atoms with Crippen LogP contribution < -0.4 is 14.4 Å². The van der Waals surface area contributed by atoms with Gasteiger partial charge in [0.05, 0.1) is 22.6 Å². The fraction of sp³-hybridized carbons (Fsp3) is 0.297. The van der Waals surface area contributed by atoms with Crippen molar-refractivity contribution >= 4 is 33.2 Å². The second-order valence-electron chi connectivity index (χ2n) is 11.9. The monoisotopic (exact) mass is 686 g/mol. The molecular weight excluding hydrogens is 644 g/mol. The fourth-order valence-corrected chi connectivity index (χ4v) is 6.67. The van der Waals surface area contributed by atoms with E-state index in [1.165, 1.54) is 43.2 Å². The molecule has 2 atom stereocenters. The second kappa shape index (κ2) is 16.2. The molecule has 0 radical (unpaired) electrons. The Labute approximate surface area is 287 Å². The molecule has 2 amide bonds. The molecule has 4 rings (SSSR count). The number of nitrogens with zero attached hydrogens (tertiary/aromatic N) is 3. The molecule has 0 aliphatic heterocycles. The van der Waals surface area contributed by atoms with E-state index in [4.69, 9.17) is 4.74 Å². The van der Waals surface area contributed by atoms with Crippen LogP contribution in [0, 0.1) is 24.0 Å². The second-order valence-corrected chi connectivity index (χ2v) is 13.8. The molecule has 0 saturated carbocycles. The Morgan fingerprint density at radius 3 is 2.16 bits per heavy atom. The number of aryl methyl sites for hydroxylation is 2. The van der Waals surface area contributed by atoms with Crippen molar-refractivity contribution in [1.29, 1.82) is 0 Å². The van der Waals surface area contributed by atoms with Crippen LogP contribution in [0.4, 0.5) is 11.4 Å². The SMILES string of the molecule is CC[C@H](C)NC(=O)[C@H](Cc1ccccc1)N(Cc1ccc(C)cc1)C(=O)CN(c1ccc(OC)cc1)S(=O)(=O)c1ccc(C)c([N+](=O)[O-])c1. The highest BCUT2D eigenvalue weighted by Gasteiger charge is 2.35. The van der Waals surface area contributed by atoms with E-state index in [1.54, 1.807) is 12.1 Å². The van der Waals surface area contributed by atoms with E-state index in [0.717, 1.165) is 27.1 Å². The predicted octanol–water partition coefficient (Wildman–Crippen LogP) is 5.97. The fourth-order valence-electron chi connectivity index (χ4n) is 5.24. The van der Waals surface area contributed by atoms with Crippen LogP contribution in [0.3, 0.4) is 0 Å². The smallest absolute Gasteiger partial charge is 0.273 e. The number of sulfonamides is 1. The van der Waals surface area contributed by atoms with Gasteiger partial charge < -0.3 is 15.0 Å². The summed E-state index contributed by atoms with van der Waals surface area (Å²) in [5.74, 6) is -0.544. The number of ether oxygens (including phenoxy) is 1. The summed E-state index contributed by atoms with van der Waals surface area (Å²) in [5.41, 5.74) is 2.64. The van der Waals surface area contributed by atoms with Crippen LogP contribution in [0.2, 0.25) is 0 Å². The number of hydrogen-bond donors (Lipinski definition) is 1. The molecule has 0 heterocycles. The maximum Gasteiger partial charge on any atom is 0.273 e. The minimum atomic E-state index is -4.54. The molecule has 0 saturated heterocycles. The van der Waals surface area contributed by atoms with Crippen LogP contribution in [0.15, 0.2) is 102 Å². The summed E-state index contributed by atoms with van der Waals surface area (Å²) in [6.45, 7) is 6.61. The van der Waals surface area contributed by atoms with Crippen LogP contribution >= 0.6 is 0 Å². The zero-order valence-electron chi connectivity index (χ0n) is 28.3. The molecule has 0 aliphatic carbocycles. The Kier molecular flexibility index (Phi) is 12.1. The first-order valence-electron chi connectivity index (χ1n) is 15.9. The molecular formula is C37H42N4O7S. The third-order valence-corrected chi connectivity index (χ3v) is 10.1. The van der Waals surface area contributed by atoms with Gasteiger partial charge in [-0.3, -0.25) is 24.0 Å².